The lowest BCUT2D eigenvalue weighted by Gasteiger charge is -2.16. The summed E-state index contributed by atoms with van der Waals surface area (Å²) in [5.74, 6) is 1.52. The summed E-state index contributed by atoms with van der Waals surface area (Å²) in [6.07, 6.45) is -2.48. The summed E-state index contributed by atoms with van der Waals surface area (Å²) in [5.41, 5.74) is 2.23. The Morgan fingerprint density at radius 2 is 2.12 bits per heavy atom. The maximum absolute atomic E-state index is 12.2. The molecule has 136 valence electrons. The van der Waals surface area contributed by atoms with Gasteiger partial charge in [0.2, 0.25) is 0 Å². The first-order valence-electron chi connectivity index (χ1n) is 8.05. The number of nitrogens with zero attached hydrogens (tertiary/aromatic N) is 1. The molecule has 2 aromatic rings. The number of hydrogen-bond donors (Lipinski definition) is 2. The van der Waals surface area contributed by atoms with Gasteiger partial charge in [0.05, 0.1) is 0 Å². The number of guanidine groups is 1. The van der Waals surface area contributed by atoms with E-state index in [1.165, 1.54) is 5.56 Å². The number of ether oxygens (including phenoxy) is 1. The van der Waals surface area contributed by atoms with Gasteiger partial charge in [-0.05, 0) is 46.0 Å². The summed E-state index contributed by atoms with van der Waals surface area (Å²) >= 11 is 1.69. The fourth-order valence-electron chi connectivity index (χ4n) is 2.23. The molecule has 0 saturated heterocycles. The van der Waals surface area contributed by atoms with E-state index in [1.807, 2.05) is 6.07 Å². The Morgan fingerprint density at radius 1 is 1.28 bits per heavy atom. The third kappa shape index (κ3) is 6.70. The lowest BCUT2D eigenvalue weighted by Crippen LogP contribution is -2.38. The molecule has 2 N–H and O–H groups in total. The van der Waals surface area contributed by atoms with Crippen LogP contribution >= 0.6 is 11.3 Å². The number of hydrogen-bond acceptors (Lipinski definition) is 3. The molecule has 0 radical (unpaired) electrons. The van der Waals surface area contributed by atoms with Crippen molar-refractivity contribution in [2.75, 3.05) is 20.2 Å². The average molecular weight is 367 g/mol. The SMILES string of the molecule is CN=C(NCc1cccc(OCC(F)F)c1)NCC(C)c1ccsc1. The van der Waals surface area contributed by atoms with Gasteiger partial charge in [0, 0.05) is 20.1 Å². The van der Waals surface area contributed by atoms with Crippen molar-refractivity contribution >= 4 is 17.3 Å². The highest BCUT2D eigenvalue weighted by Crippen LogP contribution is 2.17. The van der Waals surface area contributed by atoms with Gasteiger partial charge < -0.3 is 15.4 Å². The number of benzene rings is 1. The summed E-state index contributed by atoms with van der Waals surface area (Å²) in [4.78, 5) is 4.20. The third-order valence-corrected chi connectivity index (χ3v) is 4.35. The number of alkyl halides is 2. The molecule has 0 aliphatic rings. The van der Waals surface area contributed by atoms with E-state index in [9.17, 15) is 8.78 Å². The molecule has 0 bridgehead atoms. The molecular formula is C18H23F2N3OS. The van der Waals surface area contributed by atoms with E-state index < -0.39 is 13.0 Å². The van der Waals surface area contributed by atoms with Gasteiger partial charge in [-0.3, -0.25) is 4.99 Å². The fraction of sp³-hybridized carbons (Fsp3) is 0.389. The van der Waals surface area contributed by atoms with Gasteiger partial charge in [-0.1, -0.05) is 19.1 Å². The van der Waals surface area contributed by atoms with E-state index in [2.05, 4.69) is 39.4 Å². The molecule has 1 aromatic carbocycles. The monoisotopic (exact) mass is 367 g/mol. The van der Waals surface area contributed by atoms with Crippen LogP contribution in [0.5, 0.6) is 5.75 Å². The maximum Gasteiger partial charge on any atom is 0.272 e. The number of nitrogens with one attached hydrogen (secondary N) is 2. The minimum Gasteiger partial charge on any atom is -0.488 e. The molecule has 0 amide bonds. The van der Waals surface area contributed by atoms with E-state index in [0.29, 0.717) is 24.2 Å². The van der Waals surface area contributed by atoms with Gasteiger partial charge in [-0.2, -0.15) is 11.3 Å². The number of thiophene rings is 1. The predicted molar refractivity (Wildman–Crippen MR) is 98.9 cm³/mol. The van der Waals surface area contributed by atoms with Crippen LogP contribution in [0.1, 0.15) is 24.0 Å². The van der Waals surface area contributed by atoms with Gasteiger partial charge in [-0.25, -0.2) is 8.78 Å². The molecule has 0 fully saturated rings. The molecular weight excluding hydrogens is 344 g/mol. The van der Waals surface area contributed by atoms with E-state index in [4.69, 9.17) is 4.74 Å². The van der Waals surface area contributed by atoms with Crippen LogP contribution in [-0.4, -0.2) is 32.6 Å². The van der Waals surface area contributed by atoms with Crippen LogP contribution in [0.25, 0.3) is 0 Å². The van der Waals surface area contributed by atoms with Crippen LogP contribution in [0.4, 0.5) is 8.78 Å². The predicted octanol–water partition coefficient (Wildman–Crippen LogP) is 3.86. The minimum atomic E-state index is -2.48. The molecule has 7 heteroatoms. The van der Waals surface area contributed by atoms with E-state index in [0.717, 1.165) is 12.1 Å². The van der Waals surface area contributed by atoms with E-state index >= 15 is 0 Å². The summed E-state index contributed by atoms with van der Waals surface area (Å²) in [6, 6.07) is 9.23. The van der Waals surface area contributed by atoms with Crippen LogP contribution < -0.4 is 15.4 Å². The van der Waals surface area contributed by atoms with Gasteiger partial charge in [-0.15, -0.1) is 0 Å². The van der Waals surface area contributed by atoms with E-state index in [1.54, 1.807) is 36.6 Å². The van der Waals surface area contributed by atoms with Crippen molar-refractivity contribution in [2.24, 2.45) is 4.99 Å². The van der Waals surface area contributed by atoms with Crippen LogP contribution in [0.15, 0.2) is 46.1 Å². The zero-order chi connectivity index (χ0) is 18.1. The Kier molecular flexibility index (Phi) is 7.66. The maximum atomic E-state index is 12.2. The van der Waals surface area contributed by atoms with Crippen molar-refractivity contribution in [3.05, 3.63) is 52.2 Å². The fourth-order valence-corrected chi connectivity index (χ4v) is 3.02. The Hall–Kier alpha value is -2.15. The molecule has 25 heavy (non-hydrogen) atoms. The molecule has 4 nitrogen and oxygen atoms in total. The summed E-state index contributed by atoms with van der Waals surface area (Å²) < 4.78 is 29.5. The number of aliphatic imine (C=N–C) groups is 1. The molecule has 0 aliphatic carbocycles. The van der Waals surface area contributed by atoms with Crippen molar-refractivity contribution in [1.29, 1.82) is 0 Å². The van der Waals surface area contributed by atoms with Crippen LogP contribution in [0, 0.1) is 0 Å². The number of halogens is 2. The second kappa shape index (κ2) is 9.98. The summed E-state index contributed by atoms with van der Waals surface area (Å²) in [7, 11) is 1.72. The average Bonchev–Trinajstić information content (AvgIpc) is 3.15. The van der Waals surface area contributed by atoms with Crippen LogP contribution in [0.2, 0.25) is 0 Å². The van der Waals surface area contributed by atoms with Crippen molar-refractivity contribution < 1.29 is 13.5 Å². The summed E-state index contributed by atoms with van der Waals surface area (Å²) in [5, 5.41) is 10.7. The first kappa shape index (κ1) is 19.2. The van der Waals surface area contributed by atoms with E-state index in [-0.39, 0.29) is 0 Å². The largest absolute Gasteiger partial charge is 0.488 e. The summed E-state index contributed by atoms with van der Waals surface area (Å²) in [6.45, 7) is 2.86. The molecule has 1 aromatic heterocycles. The highest BCUT2D eigenvalue weighted by molar-refractivity contribution is 7.07. The molecule has 0 saturated carbocycles. The smallest absolute Gasteiger partial charge is 0.272 e. The van der Waals surface area contributed by atoms with Crippen molar-refractivity contribution in [3.8, 4) is 5.75 Å². The van der Waals surface area contributed by atoms with Crippen molar-refractivity contribution in [1.82, 2.24) is 10.6 Å². The van der Waals surface area contributed by atoms with Crippen molar-refractivity contribution in [3.63, 3.8) is 0 Å². The topological polar surface area (TPSA) is 45.7 Å². The Morgan fingerprint density at radius 3 is 2.80 bits per heavy atom. The van der Waals surface area contributed by atoms with Crippen LogP contribution in [-0.2, 0) is 6.54 Å². The lowest BCUT2D eigenvalue weighted by molar-refractivity contribution is 0.0818. The molecule has 0 aliphatic heterocycles. The van der Waals surface area contributed by atoms with Gasteiger partial charge in [0.25, 0.3) is 6.43 Å². The first-order chi connectivity index (χ1) is 12.1. The zero-order valence-corrected chi connectivity index (χ0v) is 15.2. The second-order valence-corrected chi connectivity index (χ2v) is 6.39. The van der Waals surface area contributed by atoms with Gasteiger partial charge in [0.15, 0.2) is 5.96 Å². The second-order valence-electron chi connectivity index (χ2n) is 5.61. The van der Waals surface area contributed by atoms with Crippen molar-refractivity contribution in [2.45, 2.75) is 25.8 Å². The quantitative estimate of drug-likeness (QED) is 0.550. The molecule has 2 rings (SSSR count). The molecule has 1 unspecified atom stereocenters. The Bertz CT molecular complexity index is 662. The minimum absolute atomic E-state index is 0.385. The third-order valence-electron chi connectivity index (χ3n) is 3.65. The Labute approximate surface area is 150 Å². The molecule has 1 atom stereocenters. The normalized spacial score (nSPS) is 12.9. The van der Waals surface area contributed by atoms with Gasteiger partial charge in [0.1, 0.15) is 12.4 Å². The standard InChI is InChI=1S/C18H23F2N3OS/c1-13(15-6-7-25-12-15)9-22-18(21-2)23-10-14-4-3-5-16(8-14)24-11-17(19)20/h3-8,12-13,17H,9-11H2,1-2H3,(H2,21,22,23). The first-order valence-corrected chi connectivity index (χ1v) is 8.99. The highest BCUT2D eigenvalue weighted by Gasteiger charge is 2.07. The number of rotatable bonds is 8. The highest BCUT2D eigenvalue weighted by atomic mass is 32.1. The molecule has 1 heterocycles. The van der Waals surface area contributed by atoms with Crippen LogP contribution in [0.3, 0.4) is 0 Å². The zero-order valence-electron chi connectivity index (χ0n) is 14.3. The molecule has 0 spiro atoms. The van der Waals surface area contributed by atoms with Gasteiger partial charge >= 0.3 is 0 Å². The lowest BCUT2D eigenvalue weighted by atomic mass is 10.1. The Balaban J connectivity index is 1.81.